The number of halogens is 4. The van der Waals surface area contributed by atoms with E-state index in [1.807, 2.05) is 31.2 Å². The first kappa shape index (κ1) is 20.7. The van der Waals surface area contributed by atoms with Gasteiger partial charge in [-0.3, -0.25) is 11.3 Å². The molecule has 0 spiro atoms. The molecule has 0 saturated carbocycles. The van der Waals surface area contributed by atoms with Crippen molar-refractivity contribution >= 4 is 12.4 Å². The smallest absolute Gasteiger partial charge is 0.406 e. The largest absolute Gasteiger partial charge is 0.573 e. The third kappa shape index (κ3) is 5.19. The monoisotopic (exact) mass is 399 g/mol. The van der Waals surface area contributed by atoms with Crippen molar-refractivity contribution < 1.29 is 17.9 Å². The Morgan fingerprint density at radius 1 is 1.07 bits per heavy atom. The van der Waals surface area contributed by atoms with Crippen molar-refractivity contribution in [2.75, 3.05) is 0 Å². The molecule has 0 fully saturated rings. The minimum Gasteiger partial charge on any atom is -0.406 e. The average molecular weight is 400 g/mol. The summed E-state index contributed by atoms with van der Waals surface area (Å²) >= 11 is 0. The normalized spacial score (nSPS) is 12.3. The van der Waals surface area contributed by atoms with Gasteiger partial charge in [-0.05, 0) is 36.8 Å². The minimum atomic E-state index is -4.72. The van der Waals surface area contributed by atoms with Crippen LogP contribution in [0, 0.1) is 0 Å². The Hall–Kier alpha value is -2.62. The third-order valence-corrected chi connectivity index (χ3v) is 3.75. The van der Waals surface area contributed by atoms with Crippen LogP contribution < -0.4 is 16.0 Å². The first-order chi connectivity index (χ1) is 12.4. The van der Waals surface area contributed by atoms with Crippen LogP contribution in [0.25, 0.3) is 17.1 Å². The molecule has 0 aliphatic rings. The van der Waals surface area contributed by atoms with Crippen molar-refractivity contribution in [1.29, 1.82) is 0 Å². The van der Waals surface area contributed by atoms with Crippen LogP contribution in [-0.4, -0.2) is 21.1 Å². The van der Waals surface area contributed by atoms with Crippen LogP contribution in [0.4, 0.5) is 13.2 Å². The SMILES string of the molecule is CC(NN)c1ccc(-c2ncn(-c3ccc(OC(F)(F)F)cc3)n2)cc1.Cl. The molecule has 2 aromatic carbocycles. The second-order valence-electron chi connectivity index (χ2n) is 5.56. The molecule has 3 N–H and O–H groups in total. The number of alkyl halides is 3. The maximum Gasteiger partial charge on any atom is 0.573 e. The van der Waals surface area contributed by atoms with E-state index in [4.69, 9.17) is 5.84 Å². The molecular weight excluding hydrogens is 383 g/mol. The number of ether oxygens (including phenoxy) is 1. The molecule has 1 atom stereocenters. The fourth-order valence-electron chi connectivity index (χ4n) is 2.34. The summed E-state index contributed by atoms with van der Waals surface area (Å²) in [5.74, 6) is 5.62. The van der Waals surface area contributed by atoms with Gasteiger partial charge in [0.15, 0.2) is 5.82 Å². The Balaban J connectivity index is 0.00000261. The summed E-state index contributed by atoms with van der Waals surface area (Å²) in [6.45, 7) is 1.94. The fraction of sp³-hybridized carbons (Fsp3) is 0.176. The van der Waals surface area contributed by atoms with Crippen LogP contribution in [0.5, 0.6) is 5.75 Å². The number of nitrogens with one attached hydrogen (secondary N) is 1. The lowest BCUT2D eigenvalue weighted by Crippen LogP contribution is -2.25. The number of hydrazine groups is 1. The van der Waals surface area contributed by atoms with E-state index >= 15 is 0 Å². The number of hydrogen-bond donors (Lipinski definition) is 2. The van der Waals surface area contributed by atoms with Gasteiger partial charge in [-0.1, -0.05) is 24.3 Å². The molecule has 1 heterocycles. The van der Waals surface area contributed by atoms with Crippen LogP contribution >= 0.6 is 12.4 Å². The van der Waals surface area contributed by atoms with E-state index in [-0.39, 0.29) is 24.2 Å². The number of rotatable bonds is 5. The van der Waals surface area contributed by atoms with Crippen molar-refractivity contribution in [2.24, 2.45) is 5.84 Å². The topological polar surface area (TPSA) is 78.0 Å². The number of aromatic nitrogens is 3. The van der Waals surface area contributed by atoms with Crippen molar-refractivity contribution in [2.45, 2.75) is 19.3 Å². The maximum absolute atomic E-state index is 12.2. The molecule has 1 aromatic heterocycles. The van der Waals surface area contributed by atoms with E-state index in [9.17, 15) is 13.2 Å². The number of nitrogens with two attached hydrogens (primary N) is 1. The molecule has 0 aliphatic carbocycles. The van der Waals surface area contributed by atoms with Gasteiger partial charge in [-0.15, -0.1) is 30.7 Å². The molecule has 6 nitrogen and oxygen atoms in total. The standard InChI is InChI=1S/C17H16F3N5O.ClH/c1-11(23-21)12-2-4-13(5-3-12)16-22-10-25(24-16)14-6-8-15(9-7-14)26-17(18,19)20;/h2-11,23H,21H2,1H3;1H. The molecule has 10 heteroatoms. The molecule has 3 aromatic rings. The Labute approximate surface area is 159 Å². The zero-order valence-electron chi connectivity index (χ0n) is 14.1. The van der Waals surface area contributed by atoms with Crippen molar-refractivity contribution in [3.05, 3.63) is 60.4 Å². The Morgan fingerprint density at radius 3 is 2.26 bits per heavy atom. The van der Waals surface area contributed by atoms with E-state index in [1.165, 1.54) is 35.3 Å². The predicted molar refractivity (Wildman–Crippen MR) is 96.5 cm³/mol. The molecule has 3 rings (SSSR count). The van der Waals surface area contributed by atoms with Crippen LogP contribution in [0.15, 0.2) is 54.9 Å². The van der Waals surface area contributed by atoms with Gasteiger partial charge < -0.3 is 4.74 Å². The molecule has 0 amide bonds. The van der Waals surface area contributed by atoms with Crippen LogP contribution in [0.2, 0.25) is 0 Å². The van der Waals surface area contributed by atoms with Gasteiger partial charge in [0.05, 0.1) is 5.69 Å². The first-order valence-electron chi connectivity index (χ1n) is 7.70. The van der Waals surface area contributed by atoms with Gasteiger partial charge >= 0.3 is 6.36 Å². The van der Waals surface area contributed by atoms with Crippen molar-refractivity contribution in [1.82, 2.24) is 20.2 Å². The number of benzene rings is 2. The van der Waals surface area contributed by atoms with Crippen molar-refractivity contribution in [3.63, 3.8) is 0 Å². The van der Waals surface area contributed by atoms with Crippen LogP contribution in [0.3, 0.4) is 0 Å². The molecular formula is C17H17ClF3N5O. The van der Waals surface area contributed by atoms with Gasteiger partial charge in [0.2, 0.25) is 0 Å². The van der Waals surface area contributed by atoms with E-state index in [1.54, 1.807) is 0 Å². The van der Waals surface area contributed by atoms with Crippen molar-refractivity contribution in [3.8, 4) is 22.8 Å². The summed E-state index contributed by atoms with van der Waals surface area (Å²) in [5.41, 5.74) is 5.07. The summed E-state index contributed by atoms with van der Waals surface area (Å²) < 4.78 is 41.9. The highest BCUT2D eigenvalue weighted by Crippen LogP contribution is 2.24. The highest BCUT2D eigenvalue weighted by molar-refractivity contribution is 5.85. The van der Waals surface area contributed by atoms with Gasteiger partial charge in [-0.2, -0.15) is 0 Å². The van der Waals surface area contributed by atoms with Gasteiger partial charge in [0, 0.05) is 11.6 Å². The van der Waals surface area contributed by atoms with E-state index in [0.717, 1.165) is 11.1 Å². The summed E-state index contributed by atoms with van der Waals surface area (Å²) in [5, 5.41) is 4.35. The molecule has 144 valence electrons. The molecule has 0 aliphatic heterocycles. The van der Waals surface area contributed by atoms with E-state index in [0.29, 0.717) is 11.5 Å². The lowest BCUT2D eigenvalue weighted by molar-refractivity contribution is -0.274. The minimum absolute atomic E-state index is 0. The third-order valence-electron chi connectivity index (χ3n) is 3.75. The summed E-state index contributed by atoms with van der Waals surface area (Å²) in [4.78, 5) is 4.24. The Morgan fingerprint density at radius 2 is 1.70 bits per heavy atom. The summed E-state index contributed by atoms with van der Waals surface area (Å²) in [7, 11) is 0. The van der Waals surface area contributed by atoms with E-state index in [2.05, 4.69) is 20.2 Å². The summed E-state index contributed by atoms with van der Waals surface area (Å²) in [6.07, 6.45) is -3.22. The first-order valence-corrected chi connectivity index (χ1v) is 7.70. The highest BCUT2D eigenvalue weighted by Gasteiger charge is 2.30. The van der Waals surface area contributed by atoms with Crippen LogP contribution in [0.1, 0.15) is 18.5 Å². The average Bonchev–Trinajstić information content (AvgIpc) is 3.10. The molecule has 27 heavy (non-hydrogen) atoms. The predicted octanol–water partition coefficient (Wildman–Crippen LogP) is 3.78. The lowest BCUT2D eigenvalue weighted by Gasteiger charge is -2.10. The van der Waals surface area contributed by atoms with Gasteiger partial charge in [-0.25, -0.2) is 9.67 Å². The molecule has 0 saturated heterocycles. The fourth-order valence-corrected chi connectivity index (χ4v) is 2.34. The Bertz CT molecular complexity index is 866. The van der Waals surface area contributed by atoms with Gasteiger partial charge in [0.1, 0.15) is 12.1 Å². The molecule has 0 radical (unpaired) electrons. The quantitative estimate of drug-likeness (QED) is 0.504. The lowest BCUT2D eigenvalue weighted by atomic mass is 10.1. The van der Waals surface area contributed by atoms with Crippen LogP contribution in [-0.2, 0) is 0 Å². The molecule has 0 bridgehead atoms. The number of hydrogen-bond acceptors (Lipinski definition) is 5. The second kappa shape index (κ2) is 8.38. The zero-order valence-corrected chi connectivity index (χ0v) is 15.0. The highest BCUT2D eigenvalue weighted by atomic mass is 35.5. The summed E-state index contributed by atoms with van der Waals surface area (Å²) in [6, 6.07) is 13.0. The Kier molecular flexibility index (Phi) is 6.42. The molecule has 1 unspecified atom stereocenters. The van der Waals surface area contributed by atoms with Gasteiger partial charge in [0.25, 0.3) is 0 Å². The number of nitrogens with zero attached hydrogens (tertiary/aromatic N) is 3. The zero-order chi connectivity index (χ0) is 18.7. The maximum atomic E-state index is 12.2. The second-order valence-corrected chi connectivity index (χ2v) is 5.56. The van der Waals surface area contributed by atoms with E-state index < -0.39 is 6.36 Å².